The van der Waals surface area contributed by atoms with Crippen LogP contribution in [0.1, 0.15) is 35.3 Å². The van der Waals surface area contributed by atoms with E-state index < -0.39 is 51.3 Å². The zero-order valence-corrected chi connectivity index (χ0v) is 26.0. The summed E-state index contributed by atoms with van der Waals surface area (Å²) < 4.78 is 50.7. The molecule has 1 saturated heterocycles. The minimum Gasteiger partial charge on any atom is -0.497 e. The molecular weight excluding hydrogens is 623 g/mol. The van der Waals surface area contributed by atoms with Gasteiger partial charge < -0.3 is 25.4 Å². The van der Waals surface area contributed by atoms with Crippen molar-refractivity contribution in [1.82, 2.24) is 30.0 Å². The number of aliphatic hydroxyl groups excluding tert-OH is 1. The van der Waals surface area contributed by atoms with Crippen molar-refractivity contribution in [2.75, 3.05) is 19.0 Å². The number of nitrogens with one attached hydrogen (secondary N) is 2. The van der Waals surface area contributed by atoms with Gasteiger partial charge in [0, 0.05) is 37.3 Å². The number of rotatable bonds is 10. The number of carbonyl (C=O) groups is 2. The van der Waals surface area contributed by atoms with Gasteiger partial charge in [-0.2, -0.15) is 5.10 Å². The van der Waals surface area contributed by atoms with Crippen LogP contribution in [0, 0.1) is 23.4 Å². The number of aromatic nitrogens is 4. The molecule has 46 heavy (non-hydrogen) atoms. The van der Waals surface area contributed by atoms with Gasteiger partial charge in [-0.25, -0.2) is 23.1 Å². The van der Waals surface area contributed by atoms with Crippen molar-refractivity contribution in [3.05, 3.63) is 82.9 Å². The Morgan fingerprint density at radius 1 is 1.22 bits per heavy atom. The minimum atomic E-state index is -0.948. The molecule has 240 valence electrons. The van der Waals surface area contributed by atoms with E-state index in [-0.39, 0.29) is 41.7 Å². The largest absolute Gasteiger partial charge is 0.497 e. The van der Waals surface area contributed by atoms with Gasteiger partial charge in [0.15, 0.2) is 5.82 Å². The van der Waals surface area contributed by atoms with Crippen LogP contribution < -0.4 is 15.4 Å². The lowest BCUT2D eigenvalue weighted by Gasteiger charge is -2.29. The monoisotopic (exact) mass is 653 g/mol. The van der Waals surface area contributed by atoms with Gasteiger partial charge in [0.25, 0.3) is 5.91 Å². The van der Waals surface area contributed by atoms with Crippen LogP contribution in [0.2, 0.25) is 0 Å². The smallest absolute Gasteiger partial charge is 0.257 e. The first kappa shape index (κ1) is 31.4. The molecule has 3 N–H and O–H groups in total. The third kappa shape index (κ3) is 5.42. The molecule has 1 fully saturated rings. The van der Waals surface area contributed by atoms with Gasteiger partial charge in [-0.1, -0.05) is 13.0 Å². The zero-order valence-electron chi connectivity index (χ0n) is 25.2. The van der Waals surface area contributed by atoms with Gasteiger partial charge >= 0.3 is 0 Å². The molecule has 0 spiro atoms. The number of thioether (sulfide) groups is 1. The van der Waals surface area contributed by atoms with E-state index >= 15 is 4.39 Å². The highest BCUT2D eigenvalue weighted by molar-refractivity contribution is 8.08. The highest BCUT2D eigenvalue weighted by Crippen LogP contribution is 2.60. The molecule has 0 aliphatic carbocycles. The number of benzene rings is 2. The van der Waals surface area contributed by atoms with Gasteiger partial charge in [-0.15, -0.1) is 11.8 Å². The molecular formula is C31H30F3N7O4S. The minimum absolute atomic E-state index is 0.0110. The highest BCUT2D eigenvalue weighted by atomic mass is 32.2. The molecule has 2 amide bonds. The second kappa shape index (κ2) is 11.9. The fraction of sp³-hybridized carbons (Fsp3) is 0.323. The molecule has 0 saturated carbocycles. The van der Waals surface area contributed by atoms with Crippen molar-refractivity contribution in [2.45, 2.75) is 36.6 Å². The molecule has 4 atom stereocenters. The van der Waals surface area contributed by atoms with Crippen molar-refractivity contribution in [1.29, 1.82) is 0 Å². The van der Waals surface area contributed by atoms with Gasteiger partial charge in [-0.05, 0) is 36.2 Å². The molecule has 0 bridgehead atoms. The number of methoxy groups -OCH3 is 1. The quantitative estimate of drug-likeness (QED) is 0.216. The fourth-order valence-electron chi connectivity index (χ4n) is 5.54. The SMILES string of the molecule is COc1cc(F)cc([C@@]2(CO)SC2NC(=O)C(C)[C@@H](C)N2Cc3ccc(-c4nc(Nc5ccnn5C)ncc4F)c(F)c3C2=O)c1. The summed E-state index contributed by atoms with van der Waals surface area (Å²) in [5.74, 6) is -3.28. The third-order valence-corrected chi connectivity index (χ3v) is 10.1. The maximum atomic E-state index is 16.0. The predicted molar refractivity (Wildman–Crippen MR) is 164 cm³/mol. The maximum Gasteiger partial charge on any atom is 0.257 e. The summed E-state index contributed by atoms with van der Waals surface area (Å²) in [7, 11) is 3.09. The molecule has 2 aliphatic heterocycles. The van der Waals surface area contributed by atoms with Crippen molar-refractivity contribution in [2.24, 2.45) is 13.0 Å². The first-order valence-electron chi connectivity index (χ1n) is 14.3. The number of hydrogen-bond donors (Lipinski definition) is 3. The summed E-state index contributed by atoms with van der Waals surface area (Å²) in [6, 6.07) is 8.03. The molecule has 4 heterocycles. The Labute approximate surface area is 266 Å². The van der Waals surface area contributed by atoms with Crippen LogP contribution in [-0.4, -0.2) is 66.7 Å². The summed E-state index contributed by atoms with van der Waals surface area (Å²) in [6.07, 6.45) is 2.46. The molecule has 2 aromatic carbocycles. The van der Waals surface area contributed by atoms with E-state index in [1.807, 2.05) is 0 Å². The number of aryl methyl sites for hydroxylation is 1. The number of aliphatic hydroxyl groups is 1. The lowest BCUT2D eigenvalue weighted by molar-refractivity contribution is -0.126. The van der Waals surface area contributed by atoms with Crippen LogP contribution in [-0.2, 0) is 23.1 Å². The van der Waals surface area contributed by atoms with Crippen molar-refractivity contribution >= 4 is 35.3 Å². The first-order chi connectivity index (χ1) is 22.0. The summed E-state index contributed by atoms with van der Waals surface area (Å²) in [4.78, 5) is 36.4. The highest BCUT2D eigenvalue weighted by Gasteiger charge is 2.58. The topological polar surface area (TPSA) is 134 Å². The van der Waals surface area contributed by atoms with Crippen LogP contribution in [0.3, 0.4) is 0 Å². The summed E-state index contributed by atoms with van der Waals surface area (Å²) >= 11 is 1.27. The Bertz CT molecular complexity index is 1860. The number of fused-ring (bicyclic) bond motifs is 1. The van der Waals surface area contributed by atoms with Crippen molar-refractivity contribution < 1.29 is 32.6 Å². The second-order valence-electron chi connectivity index (χ2n) is 11.2. The number of carbonyl (C=O) groups excluding carboxylic acids is 2. The normalized spacial score (nSPS) is 19.9. The first-order valence-corrected chi connectivity index (χ1v) is 15.2. The van der Waals surface area contributed by atoms with Crippen LogP contribution in [0.5, 0.6) is 5.75 Å². The third-order valence-electron chi connectivity index (χ3n) is 8.53. The second-order valence-corrected chi connectivity index (χ2v) is 12.6. The molecule has 15 heteroatoms. The number of amides is 2. The lowest BCUT2D eigenvalue weighted by Crippen LogP contribution is -2.46. The van der Waals surface area contributed by atoms with Gasteiger partial charge in [-0.3, -0.25) is 14.3 Å². The Hall–Kier alpha value is -4.63. The van der Waals surface area contributed by atoms with Crippen molar-refractivity contribution in [3.63, 3.8) is 0 Å². The Morgan fingerprint density at radius 2 is 2.00 bits per heavy atom. The summed E-state index contributed by atoms with van der Waals surface area (Å²) in [6.45, 7) is 3.02. The number of hydrogen-bond acceptors (Lipinski definition) is 9. The molecule has 4 aromatic rings. The fourth-order valence-corrected chi connectivity index (χ4v) is 6.67. The Kier molecular flexibility index (Phi) is 8.14. The van der Waals surface area contributed by atoms with Gasteiger partial charge in [0.1, 0.15) is 28.9 Å². The number of halogens is 3. The van der Waals surface area contributed by atoms with E-state index in [9.17, 15) is 23.5 Å². The Balaban J connectivity index is 1.17. The lowest BCUT2D eigenvalue weighted by atomic mass is 9.97. The Morgan fingerprint density at radius 3 is 2.70 bits per heavy atom. The van der Waals surface area contributed by atoms with E-state index in [1.54, 1.807) is 45.3 Å². The zero-order chi connectivity index (χ0) is 32.9. The van der Waals surface area contributed by atoms with Crippen LogP contribution in [0.25, 0.3) is 11.3 Å². The molecule has 2 unspecified atom stereocenters. The number of anilines is 2. The van der Waals surface area contributed by atoms with E-state index in [0.29, 0.717) is 16.9 Å². The van der Waals surface area contributed by atoms with E-state index in [1.165, 1.54) is 46.7 Å². The van der Waals surface area contributed by atoms with Crippen LogP contribution in [0.15, 0.2) is 48.8 Å². The van der Waals surface area contributed by atoms with E-state index in [4.69, 9.17) is 4.74 Å². The van der Waals surface area contributed by atoms with Gasteiger partial charge in [0.2, 0.25) is 11.9 Å². The summed E-state index contributed by atoms with van der Waals surface area (Å²) in [5.41, 5.74) is 0.121. The summed E-state index contributed by atoms with van der Waals surface area (Å²) in [5, 5.41) is 19.4. The average molecular weight is 654 g/mol. The maximum absolute atomic E-state index is 16.0. The molecule has 6 rings (SSSR count). The molecule has 0 radical (unpaired) electrons. The van der Waals surface area contributed by atoms with E-state index in [2.05, 4.69) is 25.7 Å². The van der Waals surface area contributed by atoms with Gasteiger partial charge in [0.05, 0.1) is 47.7 Å². The van der Waals surface area contributed by atoms with E-state index in [0.717, 1.165) is 6.20 Å². The average Bonchev–Trinajstić information content (AvgIpc) is 3.43. The van der Waals surface area contributed by atoms with Crippen LogP contribution >= 0.6 is 11.8 Å². The molecule has 2 aliphatic rings. The predicted octanol–water partition coefficient (Wildman–Crippen LogP) is 4.10. The van der Waals surface area contributed by atoms with Crippen LogP contribution in [0.4, 0.5) is 24.9 Å². The number of nitrogens with zero attached hydrogens (tertiary/aromatic N) is 5. The van der Waals surface area contributed by atoms with Crippen molar-refractivity contribution in [3.8, 4) is 17.0 Å². The standard InChI is InChI=1S/C31H30F3N7O4S/c1-15(27(43)39-29-31(14-42,46-29)18-9-19(32)11-20(10-18)45-4)16(2)41-13-17-5-6-21(25(34)24(17)28(41)44)26-22(33)12-35-30(38-26)37-23-7-8-36-40(23)3/h5-12,15-16,29,42H,13-14H2,1-4H3,(H,39,43)(H,35,37,38)/t15?,16-,29?,31-/m1/s1. The molecule has 2 aromatic heterocycles. The number of ether oxygens (including phenoxy) is 1. The molecule has 11 nitrogen and oxygen atoms in total.